The summed E-state index contributed by atoms with van der Waals surface area (Å²) >= 11 is 0. The van der Waals surface area contributed by atoms with E-state index >= 15 is 0 Å². The summed E-state index contributed by atoms with van der Waals surface area (Å²) in [6.07, 6.45) is -0.844. The molecule has 0 aromatic heterocycles. The zero-order valence-electron chi connectivity index (χ0n) is 15.9. The van der Waals surface area contributed by atoms with Gasteiger partial charge in [0.15, 0.2) is 0 Å². The standard InChI is InChI=1S/C20H23NO6S/c1-20(2,3)27-19(24)21-17(18(22)23)13-14-9-11-16(12-10-14)28(25,26)15-7-5-4-6-8-15/h4-12,17H,13H2,1-3H3,(H,21,24)(H,22,23)/t17-/m0/s1. The number of nitrogens with one attached hydrogen (secondary N) is 1. The van der Waals surface area contributed by atoms with Crippen LogP contribution in [0.3, 0.4) is 0 Å². The molecule has 7 nitrogen and oxygen atoms in total. The predicted octanol–water partition coefficient (Wildman–Crippen LogP) is 3.04. The van der Waals surface area contributed by atoms with Crippen molar-refractivity contribution in [3.05, 3.63) is 60.2 Å². The van der Waals surface area contributed by atoms with E-state index in [1.54, 1.807) is 39.0 Å². The number of hydrogen-bond acceptors (Lipinski definition) is 5. The van der Waals surface area contributed by atoms with Gasteiger partial charge in [-0.15, -0.1) is 0 Å². The second-order valence-corrected chi connectivity index (χ2v) is 9.15. The van der Waals surface area contributed by atoms with E-state index in [-0.39, 0.29) is 16.2 Å². The average Bonchev–Trinajstić information content (AvgIpc) is 2.60. The molecule has 0 saturated carbocycles. The Labute approximate surface area is 164 Å². The number of sulfone groups is 1. The van der Waals surface area contributed by atoms with Crippen molar-refractivity contribution >= 4 is 21.9 Å². The molecule has 0 aliphatic carbocycles. The zero-order valence-corrected chi connectivity index (χ0v) is 16.7. The highest BCUT2D eigenvalue weighted by molar-refractivity contribution is 7.91. The maximum Gasteiger partial charge on any atom is 0.408 e. The fraction of sp³-hybridized carbons (Fsp3) is 0.300. The number of benzene rings is 2. The average molecular weight is 405 g/mol. The fourth-order valence-electron chi connectivity index (χ4n) is 2.43. The first kappa shape index (κ1) is 21.4. The van der Waals surface area contributed by atoms with Gasteiger partial charge in [0, 0.05) is 6.42 Å². The van der Waals surface area contributed by atoms with Crippen LogP contribution in [0.25, 0.3) is 0 Å². The molecule has 0 aliphatic heterocycles. The Hall–Kier alpha value is -2.87. The molecule has 1 amide bonds. The molecule has 2 N–H and O–H groups in total. The number of carbonyl (C=O) groups excluding carboxylic acids is 1. The lowest BCUT2D eigenvalue weighted by atomic mass is 10.1. The number of carboxylic acid groups (broad SMARTS) is 1. The summed E-state index contributed by atoms with van der Waals surface area (Å²) < 4.78 is 30.2. The van der Waals surface area contributed by atoms with E-state index in [0.717, 1.165) is 0 Å². The molecule has 0 aliphatic rings. The molecule has 8 heteroatoms. The molecule has 2 aromatic carbocycles. The summed E-state index contributed by atoms with van der Waals surface area (Å²) in [5.74, 6) is -1.22. The van der Waals surface area contributed by atoms with E-state index < -0.39 is 33.5 Å². The summed E-state index contributed by atoms with van der Waals surface area (Å²) in [5, 5.41) is 11.7. The van der Waals surface area contributed by atoms with Crippen LogP contribution in [0.4, 0.5) is 4.79 Å². The SMILES string of the molecule is CC(C)(C)OC(=O)N[C@@H](Cc1ccc(S(=O)(=O)c2ccccc2)cc1)C(=O)O. The van der Waals surface area contributed by atoms with Crippen LogP contribution in [0, 0.1) is 0 Å². The van der Waals surface area contributed by atoms with E-state index in [4.69, 9.17) is 4.74 Å². The number of carbonyl (C=O) groups is 2. The van der Waals surface area contributed by atoms with Crippen LogP contribution >= 0.6 is 0 Å². The van der Waals surface area contributed by atoms with Crippen molar-refractivity contribution in [2.45, 2.75) is 48.6 Å². The predicted molar refractivity (Wildman–Crippen MR) is 103 cm³/mol. The summed E-state index contributed by atoms with van der Waals surface area (Å²) in [7, 11) is -3.65. The van der Waals surface area contributed by atoms with Crippen LogP contribution in [0.1, 0.15) is 26.3 Å². The second-order valence-electron chi connectivity index (χ2n) is 7.20. The minimum atomic E-state index is -3.65. The molecule has 0 heterocycles. The van der Waals surface area contributed by atoms with Gasteiger partial charge in [-0.05, 0) is 50.6 Å². The number of aliphatic carboxylic acids is 1. The van der Waals surface area contributed by atoms with Gasteiger partial charge in [0.05, 0.1) is 9.79 Å². The van der Waals surface area contributed by atoms with Gasteiger partial charge in [0.25, 0.3) is 0 Å². The topological polar surface area (TPSA) is 110 Å². The summed E-state index contributed by atoms with van der Waals surface area (Å²) in [6.45, 7) is 5.02. The van der Waals surface area contributed by atoms with E-state index in [9.17, 15) is 23.1 Å². The molecule has 2 rings (SSSR count). The highest BCUT2D eigenvalue weighted by atomic mass is 32.2. The molecule has 28 heavy (non-hydrogen) atoms. The number of carboxylic acids is 1. The van der Waals surface area contributed by atoms with E-state index in [1.165, 1.54) is 36.4 Å². The Bertz CT molecular complexity index is 931. The number of rotatable bonds is 6. The van der Waals surface area contributed by atoms with Gasteiger partial charge in [-0.1, -0.05) is 30.3 Å². The first-order valence-electron chi connectivity index (χ1n) is 8.60. The second kappa shape index (κ2) is 8.43. The maximum atomic E-state index is 12.6. The molecule has 0 radical (unpaired) electrons. The first-order chi connectivity index (χ1) is 13.0. The van der Waals surface area contributed by atoms with Crippen molar-refractivity contribution in [3.63, 3.8) is 0 Å². The van der Waals surface area contributed by atoms with Crippen molar-refractivity contribution in [3.8, 4) is 0 Å². The lowest BCUT2D eigenvalue weighted by molar-refractivity contribution is -0.139. The molecule has 0 saturated heterocycles. The Morgan fingerprint density at radius 1 is 1.00 bits per heavy atom. The zero-order chi connectivity index (χ0) is 20.9. The van der Waals surface area contributed by atoms with E-state index in [1.807, 2.05) is 0 Å². The monoisotopic (exact) mass is 405 g/mol. The number of amides is 1. The first-order valence-corrected chi connectivity index (χ1v) is 10.1. The number of ether oxygens (including phenoxy) is 1. The van der Waals surface area contributed by atoms with Gasteiger partial charge in [0.2, 0.25) is 9.84 Å². The van der Waals surface area contributed by atoms with E-state index in [0.29, 0.717) is 5.56 Å². The molecule has 2 aromatic rings. The number of alkyl carbamates (subject to hydrolysis) is 1. The third-order valence-corrected chi connectivity index (χ3v) is 5.50. The fourth-order valence-corrected chi connectivity index (χ4v) is 3.71. The highest BCUT2D eigenvalue weighted by Crippen LogP contribution is 2.21. The van der Waals surface area contributed by atoms with Crippen LogP contribution in [-0.4, -0.2) is 37.2 Å². The van der Waals surface area contributed by atoms with Crippen LogP contribution in [0.5, 0.6) is 0 Å². The van der Waals surface area contributed by atoms with Crippen LogP contribution in [0.2, 0.25) is 0 Å². The molecule has 1 atom stereocenters. The summed E-state index contributed by atoms with van der Waals surface area (Å²) in [6, 6.07) is 12.7. The molecular formula is C20H23NO6S. The molecule has 0 spiro atoms. The van der Waals surface area contributed by atoms with Gasteiger partial charge in [-0.3, -0.25) is 0 Å². The Morgan fingerprint density at radius 3 is 2.04 bits per heavy atom. The Balaban J connectivity index is 2.13. The molecule has 0 fully saturated rings. The van der Waals surface area contributed by atoms with Gasteiger partial charge in [0.1, 0.15) is 11.6 Å². The van der Waals surface area contributed by atoms with Crippen molar-refractivity contribution in [2.75, 3.05) is 0 Å². The summed E-state index contributed by atoms with van der Waals surface area (Å²) in [4.78, 5) is 23.6. The minimum Gasteiger partial charge on any atom is -0.480 e. The maximum absolute atomic E-state index is 12.6. The van der Waals surface area contributed by atoms with Gasteiger partial charge in [-0.2, -0.15) is 0 Å². The smallest absolute Gasteiger partial charge is 0.408 e. The third kappa shape index (κ3) is 5.82. The minimum absolute atomic E-state index is 0.0137. The van der Waals surface area contributed by atoms with Gasteiger partial charge < -0.3 is 15.2 Å². The number of hydrogen-bond donors (Lipinski definition) is 2. The molecular weight excluding hydrogens is 382 g/mol. The Morgan fingerprint density at radius 2 is 1.54 bits per heavy atom. The van der Waals surface area contributed by atoms with Crippen molar-refractivity contribution in [2.24, 2.45) is 0 Å². The van der Waals surface area contributed by atoms with E-state index in [2.05, 4.69) is 5.32 Å². The lowest BCUT2D eigenvalue weighted by Gasteiger charge is -2.22. The van der Waals surface area contributed by atoms with Crippen molar-refractivity contribution in [1.29, 1.82) is 0 Å². The normalized spacial score (nSPS) is 12.8. The van der Waals surface area contributed by atoms with Crippen LogP contribution in [0.15, 0.2) is 64.4 Å². The Kier molecular flexibility index (Phi) is 6.45. The van der Waals surface area contributed by atoms with Gasteiger partial charge >= 0.3 is 12.1 Å². The summed E-state index contributed by atoms with van der Waals surface area (Å²) in [5.41, 5.74) is -0.184. The molecule has 150 valence electrons. The van der Waals surface area contributed by atoms with Gasteiger partial charge in [-0.25, -0.2) is 18.0 Å². The third-order valence-electron chi connectivity index (χ3n) is 3.72. The van der Waals surface area contributed by atoms with Crippen molar-refractivity contribution in [1.82, 2.24) is 5.32 Å². The van der Waals surface area contributed by atoms with Crippen LogP contribution in [-0.2, 0) is 25.8 Å². The lowest BCUT2D eigenvalue weighted by Crippen LogP contribution is -2.44. The molecule has 0 bridgehead atoms. The van der Waals surface area contributed by atoms with Crippen LogP contribution < -0.4 is 5.32 Å². The molecule has 0 unspecified atom stereocenters. The quantitative estimate of drug-likeness (QED) is 0.764. The van der Waals surface area contributed by atoms with Crippen molar-refractivity contribution < 1.29 is 27.9 Å². The largest absolute Gasteiger partial charge is 0.480 e. The highest BCUT2D eigenvalue weighted by Gasteiger charge is 2.24.